The maximum absolute atomic E-state index is 12.2. The predicted octanol–water partition coefficient (Wildman–Crippen LogP) is 3.78. The van der Waals surface area contributed by atoms with Crippen molar-refractivity contribution in [2.24, 2.45) is 5.92 Å². The fourth-order valence-electron chi connectivity index (χ4n) is 2.44. The number of aryl methyl sites for hydroxylation is 3. The van der Waals surface area contributed by atoms with Gasteiger partial charge in [-0.3, -0.25) is 4.79 Å². The number of nitrogens with one attached hydrogen (secondary N) is 1. The SMILES string of the molecule is CCC(CC)CNC(=O)c1c(C)cc(C)cc1C. The summed E-state index contributed by atoms with van der Waals surface area (Å²) in [4.78, 5) is 12.2. The van der Waals surface area contributed by atoms with Gasteiger partial charge in [-0.2, -0.15) is 0 Å². The van der Waals surface area contributed by atoms with Gasteiger partial charge in [0.05, 0.1) is 0 Å². The third-order valence-corrected chi connectivity index (χ3v) is 3.61. The maximum Gasteiger partial charge on any atom is 0.251 e. The van der Waals surface area contributed by atoms with Crippen LogP contribution in [0.25, 0.3) is 0 Å². The molecule has 1 aromatic rings. The van der Waals surface area contributed by atoms with Crippen molar-refractivity contribution in [1.82, 2.24) is 5.32 Å². The van der Waals surface area contributed by atoms with Gasteiger partial charge in [-0.05, 0) is 37.8 Å². The number of rotatable bonds is 5. The Balaban J connectivity index is 2.79. The Bertz CT molecular complexity index is 396. The van der Waals surface area contributed by atoms with Gasteiger partial charge in [0.25, 0.3) is 5.91 Å². The van der Waals surface area contributed by atoms with Gasteiger partial charge in [-0.25, -0.2) is 0 Å². The normalized spacial score (nSPS) is 10.8. The molecule has 1 aromatic carbocycles. The van der Waals surface area contributed by atoms with Crippen LogP contribution in [0.15, 0.2) is 12.1 Å². The van der Waals surface area contributed by atoms with Gasteiger partial charge in [0.2, 0.25) is 0 Å². The molecule has 1 N–H and O–H groups in total. The van der Waals surface area contributed by atoms with Gasteiger partial charge in [0.15, 0.2) is 0 Å². The van der Waals surface area contributed by atoms with Gasteiger partial charge in [-0.15, -0.1) is 0 Å². The van der Waals surface area contributed by atoms with Crippen LogP contribution in [0.1, 0.15) is 53.7 Å². The van der Waals surface area contributed by atoms with Crippen LogP contribution in [-0.2, 0) is 0 Å². The summed E-state index contributed by atoms with van der Waals surface area (Å²) in [6.45, 7) is 11.2. The van der Waals surface area contributed by atoms with Crippen molar-refractivity contribution in [3.8, 4) is 0 Å². The molecule has 0 bridgehead atoms. The minimum absolute atomic E-state index is 0.0666. The van der Waals surface area contributed by atoms with E-state index in [1.54, 1.807) is 0 Å². The molecule has 100 valence electrons. The summed E-state index contributed by atoms with van der Waals surface area (Å²) in [7, 11) is 0. The molecular weight excluding hydrogens is 222 g/mol. The number of hydrogen-bond acceptors (Lipinski definition) is 1. The highest BCUT2D eigenvalue weighted by Gasteiger charge is 2.13. The molecule has 1 rings (SSSR count). The van der Waals surface area contributed by atoms with E-state index < -0.39 is 0 Å². The molecule has 0 unspecified atom stereocenters. The van der Waals surface area contributed by atoms with Crippen LogP contribution in [-0.4, -0.2) is 12.5 Å². The van der Waals surface area contributed by atoms with Crippen molar-refractivity contribution < 1.29 is 4.79 Å². The van der Waals surface area contributed by atoms with Crippen LogP contribution in [0.4, 0.5) is 0 Å². The van der Waals surface area contributed by atoms with Crippen molar-refractivity contribution in [2.45, 2.75) is 47.5 Å². The van der Waals surface area contributed by atoms with Gasteiger partial charge < -0.3 is 5.32 Å². The van der Waals surface area contributed by atoms with Gasteiger partial charge in [0, 0.05) is 12.1 Å². The minimum atomic E-state index is 0.0666. The molecule has 1 amide bonds. The molecule has 0 heterocycles. The molecule has 0 aromatic heterocycles. The molecule has 0 fully saturated rings. The predicted molar refractivity (Wildman–Crippen MR) is 77.1 cm³/mol. The smallest absolute Gasteiger partial charge is 0.251 e. The first-order valence-corrected chi connectivity index (χ1v) is 6.85. The molecule has 0 aliphatic carbocycles. The molecule has 18 heavy (non-hydrogen) atoms. The summed E-state index contributed by atoms with van der Waals surface area (Å²) in [5, 5.41) is 3.06. The Labute approximate surface area is 111 Å². The lowest BCUT2D eigenvalue weighted by Gasteiger charge is -2.15. The lowest BCUT2D eigenvalue weighted by molar-refractivity contribution is 0.0945. The van der Waals surface area contributed by atoms with Crippen LogP contribution in [0.5, 0.6) is 0 Å². The van der Waals surface area contributed by atoms with Crippen molar-refractivity contribution in [2.75, 3.05) is 6.54 Å². The number of carbonyl (C=O) groups excluding carboxylic acids is 1. The molecule has 0 aliphatic heterocycles. The first-order valence-electron chi connectivity index (χ1n) is 6.85. The third kappa shape index (κ3) is 3.59. The standard InChI is InChI=1S/C16H25NO/c1-6-14(7-2)10-17-16(18)15-12(4)8-11(3)9-13(15)5/h8-9,14H,6-7,10H2,1-5H3,(H,17,18). The zero-order valence-corrected chi connectivity index (χ0v) is 12.3. The summed E-state index contributed by atoms with van der Waals surface area (Å²) in [5.74, 6) is 0.650. The second-order valence-corrected chi connectivity index (χ2v) is 5.17. The van der Waals surface area contributed by atoms with E-state index in [1.165, 1.54) is 5.56 Å². The molecule has 2 nitrogen and oxygen atoms in total. The monoisotopic (exact) mass is 247 g/mol. The van der Waals surface area contributed by atoms with E-state index in [2.05, 4.69) is 38.2 Å². The fourth-order valence-corrected chi connectivity index (χ4v) is 2.44. The molecule has 0 atom stereocenters. The van der Waals surface area contributed by atoms with E-state index in [0.717, 1.165) is 36.1 Å². The molecule has 2 heteroatoms. The average Bonchev–Trinajstić information content (AvgIpc) is 2.28. The van der Waals surface area contributed by atoms with Gasteiger partial charge >= 0.3 is 0 Å². The minimum Gasteiger partial charge on any atom is -0.352 e. The van der Waals surface area contributed by atoms with Crippen LogP contribution in [0.3, 0.4) is 0 Å². The molecule has 0 aliphatic rings. The van der Waals surface area contributed by atoms with E-state index in [9.17, 15) is 4.79 Å². The first kappa shape index (κ1) is 14.7. The molecule has 0 saturated carbocycles. The molecule has 0 radical (unpaired) electrons. The second kappa shape index (κ2) is 6.58. The summed E-state index contributed by atoms with van der Waals surface area (Å²) in [6, 6.07) is 4.14. The molecular formula is C16H25NO. The Morgan fingerprint density at radius 3 is 2.06 bits per heavy atom. The van der Waals surface area contributed by atoms with Crippen LogP contribution in [0.2, 0.25) is 0 Å². The summed E-state index contributed by atoms with van der Waals surface area (Å²) >= 11 is 0. The highest BCUT2D eigenvalue weighted by Crippen LogP contribution is 2.16. The third-order valence-electron chi connectivity index (χ3n) is 3.61. The Morgan fingerprint density at radius 1 is 1.11 bits per heavy atom. The zero-order valence-electron chi connectivity index (χ0n) is 12.3. The van der Waals surface area contributed by atoms with Crippen LogP contribution < -0.4 is 5.32 Å². The average molecular weight is 247 g/mol. The van der Waals surface area contributed by atoms with E-state index in [4.69, 9.17) is 0 Å². The largest absolute Gasteiger partial charge is 0.352 e. The van der Waals surface area contributed by atoms with Crippen molar-refractivity contribution in [3.05, 3.63) is 34.4 Å². The van der Waals surface area contributed by atoms with Gasteiger partial charge in [0.1, 0.15) is 0 Å². The summed E-state index contributed by atoms with van der Waals surface area (Å²) in [5.41, 5.74) is 4.18. The fraction of sp³-hybridized carbons (Fsp3) is 0.562. The van der Waals surface area contributed by atoms with Crippen molar-refractivity contribution in [1.29, 1.82) is 0 Å². The van der Waals surface area contributed by atoms with Crippen molar-refractivity contribution >= 4 is 5.91 Å². The number of benzene rings is 1. The zero-order chi connectivity index (χ0) is 13.7. The number of carbonyl (C=O) groups is 1. The summed E-state index contributed by atoms with van der Waals surface area (Å²) in [6.07, 6.45) is 2.23. The number of hydrogen-bond donors (Lipinski definition) is 1. The lowest BCUT2D eigenvalue weighted by Crippen LogP contribution is -2.30. The van der Waals surface area contributed by atoms with Crippen LogP contribution >= 0.6 is 0 Å². The van der Waals surface area contributed by atoms with E-state index in [1.807, 2.05) is 13.8 Å². The van der Waals surface area contributed by atoms with E-state index in [0.29, 0.717) is 5.92 Å². The lowest BCUT2D eigenvalue weighted by atomic mass is 9.98. The topological polar surface area (TPSA) is 29.1 Å². The van der Waals surface area contributed by atoms with Crippen LogP contribution in [0, 0.1) is 26.7 Å². The Morgan fingerprint density at radius 2 is 1.61 bits per heavy atom. The quantitative estimate of drug-likeness (QED) is 0.843. The van der Waals surface area contributed by atoms with Gasteiger partial charge in [-0.1, -0.05) is 44.4 Å². The molecule has 0 spiro atoms. The van der Waals surface area contributed by atoms with Crippen molar-refractivity contribution in [3.63, 3.8) is 0 Å². The Hall–Kier alpha value is -1.31. The number of amides is 1. The Kier molecular flexibility index (Phi) is 5.39. The molecule has 0 saturated heterocycles. The van der Waals surface area contributed by atoms with E-state index in [-0.39, 0.29) is 5.91 Å². The first-order chi connectivity index (χ1) is 8.49. The maximum atomic E-state index is 12.2. The second-order valence-electron chi connectivity index (χ2n) is 5.17. The highest BCUT2D eigenvalue weighted by molar-refractivity contribution is 5.97. The van der Waals surface area contributed by atoms with E-state index >= 15 is 0 Å². The summed E-state index contributed by atoms with van der Waals surface area (Å²) < 4.78 is 0. The highest BCUT2D eigenvalue weighted by atomic mass is 16.1.